The van der Waals surface area contributed by atoms with E-state index in [1.165, 1.54) is 6.20 Å². The van der Waals surface area contributed by atoms with Gasteiger partial charge < -0.3 is 16.4 Å². The van der Waals surface area contributed by atoms with Crippen molar-refractivity contribution in [2.75, 3.05) is 16.4 Å². The molecule has 0 aliphatic rings. The molecule has 0 aliphatic carbocycles. The molecule has 0 radical (unpaired) electrons. The van der Waals surface area contributed by atoms with Gasteiger partial charge in [-0.1, -0.05) is 38.1 Å². The van der Waals surface area contributed by atoms with E-state index in [1.54, 1.807) is 0 Å². The smallest absolute Gasteiger partial charge is 0.267 e. The van der Waals surface area contributed by atoms with Gasteiger partial charge in [0.05, 0.1) is 11.4 Å². The van der Waals surface area contributed by atoms with E-state index < -0.39 is 5.91 Å². The summed E-state index contributed by atoms with van der Waals surface area (Å²) in [7, 11) is 0. The van der Waals surface area contributed by atoms with Gasteiger partial charge >= 0.3 is 0 Å². The van der Waals surface area contributed by atoms with E-state index in [0.29, 0.717) is 11.4 Å². The van der Waals surface area contributed by atoms with Crippen LogP contribution in [0.15, 0.2) is 48.2 Å². The third kappa shape index (κ3) is 4.42. The second-order valence-corrected chi connectivity index (χ2v) is 6.02. The Balaban J connectivity index is 2.23. The summed E-state index contributed by atoms with van der Waals surface area (Å²) in [5.74, 6) is -0.443. The highest BCUT2D eigenvalue weighted by Crippen LogP contribution is 2.23. The van der Waals surface area contributed by atoms with Gasteiger partial charge in [0.2, 0.25) is 0 Å². The molecule has 2 aromatic rings. The van der Waals surface area contributed by atoms with Gasteiger partial charge in [-0.3, -0.25) is 4.79 Å². The zero-order valence-electron chi connectivity index (χ0n) is 15.4. The van der Waals surface area contributed by atoms with Crippen LogP contribution in [0.1, 0.15) is 30.5 Å². The van der Waals surface area contributed by atoms with Crippen LogP contribution in [0, 0.1) is 18.3 Å². The highest BCUT2D eigenvalue weighted by Gasteiger charge is 2.14. The lowest BCUT2D eigenvalue weighted by Gasteiger charge is -2.14. The SMILES string of the molecule is CCc1cccc(CC)c1NC(=O)/C(C#N)=C\Nc1ccc(C)cc1N. The third-order valence-electron chi connectivity index (χ3n) is 4.18. The van der Waals surface area contributed by atoms with Gasteiger partial charge in [-0.05, 0) is 48.6 Å². The molecule has 0 atom stereocenters. The molecular weight excluding hydrogens is 324 g/mol. The van der Waals surface area contributed by atoms with Crippen LogP contribution in [0.2, 0.25) is 0 Å². The first-order valence-electron chi connectivity index (χ1n) is 8.65. The zero-order chi connectivity index (χ0) is 19.1. The van der Waals surface area contributed by atoms with Crippen LogP contribution in [0.25, 0.3) is 0 Å². The number of amides is 1. The molecule has 0 saturated heterocycles. The van der Waals surface area contributed by atoms with Gasteiger partial charge in [-0.25, -0.2) is 0 Å². The molecule has 2 aromatic carbocycles. The van der Waals surface area contributed by atoms with Crippen molar-refractivity contribution in [3.8, 4) is 6.07 Å². The second-order valence-electron chi connectivity index (χ2n) is 6.02. The summed E-state index contributed by atoms with van der Waals surface area (Å²) in [5.41, 5.74) is 11.1. The minimum Gasteiger partial charge on any atom is -0.397 e. The molecular formula is C21H24N4O. The van der Waals surface area contributed by atoms with Crippen LogP contribution in [-0.4, -0.2) is 5.91 Å². The summed E-state index contributed by atoms with van der Waals surface area (Å²) in [6, 6.07) is 13.4. The first-order valence-corrected chi connectivity index (χ1v) is 8.65. The fourth-order valence-electron chi connectivity index (χ4n) is 2.70. The maximum atomic E-state index is 12.6. The Bertz CT molecular complexity index is 856. The lowest BCUT2D eigenvalue weighted by molar-refractivity contribution is -0.112. The molecule has 0 fully saturated rings. The first-order chi connectivity index (χ1) is 12.5. The normalized spacial score (nSPS) is 10.9. The number of nitrogen functional groups attached to an aromatic ring is 1. The highest BCUT2D eigenvalue weighted by atomic mass is 16.1. The average molecular weight is 348 g/mol. The number of anilines is 3. The Kier molecular flexibility index (Phi) is 6.40. The predicted molar refractivity (Wildman–Crippen MR) is 107 cm³/mol. The molecule has 0 unspecified atom stereocenters. The van der Waals surface area contributed by atoms with Gasteiger partial charge in [-0.15, -0.1) is 0 Å². The molecule has 0 aromatic heterocycles. The minimum absolute atomic E-state index is 0.0158. The van der Waals surface area contributed by atoms with Gasteiger partial charge in [0, 0.05) is 11.9 Å². The molecule has 134 valence electrons. The molecule has 5 heteroatoms. The number of benzene rings is 2. The third-order valence-corrected chi connectivity index (χ3v) is 4.18. The minimum atomic E-state index is -0.443. The van der Waals surface area contributed by atoms with Crippen molar-refractivity contribution in [3.63, 3.8) is 0 Å². The number of carbonyl (C=O) groups excluding carboxylic acids is 1. The van der Waals surface area contributed by atoms with Crippen molar-refractivity contribution in [1.29, 1.82) is 5.26 Å². The first kappa shape index (κ1) is 19.1. The maximum Gasteiger partial charge on any atom is 0.267 e. The number of rotatable bonds is 6. The van der Waals surface area contributed by atoms with Gasteiger partial charge in [0.1, 0.15) is 11.6 Å². The van der Waals surface area contributed by atoms with Crippen molar-refractivity contribution in [2.24, 2.45) is 0 Å². The lowest BCUT2D eigenvalue weighted by Crippen LogP contribution is -2.17. The topological polar surface area (TPSA) is 90.9 Å². The molecule has 2 rings (SSSR count). The average Bonchev–Trinajstić information content (AvgIpc) is 2.63. The van der Waals surface area contributed by atoms with Gasteiger partial charge in [0.25, 0.3) is 5.91 Å². The molecule has 0 saturated carbocycles. The van der Waals surface area contributed by atoms with Crippen LogP contribution in [0.4, 0.5) is 17.1 Å². The number of nitrogens with zero attached hydrogens (tertiary/aromatic N) is 1. The Morgan fingerprint density at radius 1 is 1.19 bits per heavy atom. The number of carbonyl (C=O) groups is 1. The van der Waals surface area contributed by atoms with E-state index in [1.807, 2.05) is 63.2 Å². The Labute approximate surface area is 154 Å². The van der Waals surface area contributed by atoms with E-state index in [2.05, 4.69) is 10.6 Å². The molecule has 4 N–H and O–H groups in total. The van der Waals surface area contributed by atoms with Crippen LogP contribution in [0.5, 0.6) is 0 Å². The number of hydrogen-bond acceptors (Lipinski definition) is 4. The van der Waals surface area contributed by atoms with Crippen molar-refractivity contribution in [3.05, 3.63) is 64.9 Å². The van der Waals surface area contributed by atoms with E-state index in [4.69, 9.17) is 5.73 Å². The molecule has 0 bridgehead atoms. The quantitative estimate of drug-likeness (QED) is 0.415. The summed E-state index contributed by atoms with van der Waals surface area (Å²) in [5, 5.41) is 15.2. The highest BCUT2D eigenvalue weighted by molar-refractivity contribution is 6.07. The fourth-order valence-corrected chi connectivity index (χ4v) is 2.70. The summed E-state index contributed by atoms with van der Waals surface area (Å²) in [6.07, 6.45) is 2.98. The number of aryl methyl sites for hydroxylation is 3. The van der Waals surface area contributed by atoms with E-state index in [0.717, 1.165) is 35.2 Å². The van der Waals surface area contributed by atoms with Crippen molar-refractivity contribution >= 4 is 23.0 Å². The second kappa shape index (κ2) is 8.72. The van der Waals surface area contributed by atoms with Crippen LogP contribution >= 0.6 is 0 Å². The fraction of sp³-hybridized carbons (Fsp3) is 0.238. The molecule has 0 heterocycles. The van der Waals surface area contributed by atoms with Crippen LogP contribution in [0.3, 0.4) is 0 Å². The predicted octanol–water partition coefficient (Wildman–Crippen LogP) is 4.16. The zero-order valence-corrected chi connectivity index (χ0v) is 15.4. The van der Waals surface area contributed by atoms with Crippen molar-refractivity contribution in [1.82, 2.24) is 0 Å². The monoisotopic (exact) mass is 348 g/mol. The largest absolute Gasteiger partial charge is 0.397 e. The number of hydrogen-bond donors (Lipinski definition) is 3. The Hall–Kier alpha value is -3.26. The summed E-state index contributed by atoms with van der Waals surface area (Å²) >= 11 is 0. The number of nitriles is 1. The Morgan fingerprint density at radius 2 is 1.85 bits per heavy atom. The maximum absolute atomic E-state index is 12.6. The summed E-state index contributed by atoms with van der Waals surface area (Å²) in [6.45, 7) is 6.01. The summed E-state index contributed by atoms with van der Waals surface area (Å²) < 4.78 is 0. The van der Waals surface area contributed by atoms with E-state index in [9.17, 15) is 10.1 Å². The van der Waals surface area contributed by atoms with Crippen LogP contribution < -0.4 is 16.4 Å². The van der Waals surface area contributed by atoms with Crippen molar-refractivity contribution < 1.29 is 4.79 Å². The van der Waals surface area contributed by atoms with Crippen molar-refractivity contribution in [2.45, 2.75) is 33.6 Å². The van der Waals surface area contributed by atoms with Gasteiger partial charge in [0.15, 0.2) is 0 Å². The number of nitrogens with one attached hydrogen (secondary N) is 2. The molecule has 0 aliphatic heterocycles. The molecule has 1 amide bonds. The Morgan fingerprint density at radius 3 is 2.38 bits per heavy atom. The lowest BCUT2D eigenvalue weighted by atomic mass is 10.0. The van der Waals surface area contributed by atoms with E-state index in [-0.39, 0.29) is 5.57 Å². The molecule has 26 heavy (non-hydrogen) atoms. The van der Waals surface area contributed by atoms with Gasteiger partial charge in [-0.2, -0.15) is 5.26 Å². The molecule has 0 spiro atoms. The standard InChI is InChI=1S/C21H24N4O/c1-4-15-7-6-8-16(5-2)20(15)25-21(26)17(12-22)13-24-19-10-9-14(3)11-18(19)23/h6-11,13,24H,4-5,23H2,1-3H3,(H,25,26)/b17-13-. The summed E-state index contributed by atoms with van der Waals surface area (Å²) in [4.78, 5) is 12.6. The van der Waals surface area contributed by atoms with E-state index >= 15 is 0 Å². The number of para-hydroxylation sites is 1. The van der Waals surface area contributed by atoms with Crippen LogP contribution in [-0.2, 0) is 17.6 Å². The molecule has 5 nitrogen and oxygen atoms in total. The number of nitrogens with two attached hydrogens (primary N) is 1.